The minimum Gasteiger partial charge on any atom is -0.454 e. The van der Waals surface area contributed by atoms with Gasteiger partial charge in [0.25, 0.3) is 0 Å². The number of aromatic nitrogens is 2. The summed E-state index contributed by atoms with van der Waals surface area (Å²) in [5, 5.41) is 8.43. The Bertz CT molecular complexity index is 2330. The maximum atomic E-state index is 6.53. The molecule has 35 heavy (non-hydrogen) atoms. The van der Waals surface area contributed by atoms with Gasteiger partial charge in [-0.25, -0.2) is 4.98 Å². The third-order valence-corrected chi connectivity index (χ3v) is 8.49. The fraction of sp³-hybridized carbons (Fsp3) is 0. The summed E-state index contributed by atoms with van der Waals surface area (Å²) < 4.78 is 11.4. The number of hydrogen-bond acceptors (Lipinski definition) is 3. The molecule has 9 rings (SSSR count). The van der Waals surface area contributed by atoms with E-state index in [9.17, 15) is 0 Å². The summed E-state index contributed by atoms with van der Waals surface area (Å²) in [5.74, 6) is 0. The molecule has 5 aromatic carbocycles. The summed E-state index contributed by atoms with van der Waals surface area (Å²) >= 11 is 1.85. The van der Waals surface area contributed by atoms with Gasteiger partial charge in [-0.2, -0.15) is 0 Å². The topological polar surface area (TPSA) is 30.4 Å². The van der Waals surface area contributed by atoms with Gasteiger partial charge in [0.05, 0.1) is 16.6 Å². The number of fused-ring (bicyclic) bond motifs is 15. The maximum Gasteiger partial charge on any atom is 0.160 e. The van der Waals surface area contributed by atoms with Gasteiger partial charge in [-0.15, -0.1) is 11.3 Å². The minimum absolute atomic E-state index is 0.910. The Labute approximate surface area is 202 Å². The van der Waals surface area contributed by atoms with Crippen LogP contribution in [0, 0.1) is 0 Å². The van der Waals surface area contributed by atoms with Crippen molar-refractivity contribution in [2.75, 3.05) is 0 Å². The lowest BCUT2D eigenvalue weighted by atomic mass is 10.0. The molecule has 0 aliphatic heterocycles. The van der Waals surface area contributed by atoms with E-state index in [1.165, 1.54) is 36.3 Å². The van der Waals surface area contributed by atoms with E-state index in [1.54, 1.807) is 0 Å². The molecule has 0 fully saturated rings. The number of nitrogens with zero attached hydrogens (tertiary/aromatic N) is 2. The Morgan fingerprint density at radius 2 is 1.40 bits per heavy atom. The van der Waals surface area contributed by atoms with E-state index in [2.05, 4.69) is 89.3 Å². The van der Waals surface area contributed by atoms with Crippen LogP contribution in [-0.2, 0) is 0 Å². The van der Waals surface area contributed by atoms with E-state index in [0.29, 0.717) is 0 Å². The number of pyridine rings is 1. The van der Waals surface area contributed by atoms with Gasteiger partial charge in [-0.05, 0) is 47.9 Å². The Morgan fingerprint density at radius 1 is 0.600 bits per heavy atom. The van der Waals surface area contributed by atoms with Crippen LogP contribution in [0.4, 0.5) is 0 Å². The van der Waals surface area contributed by atoms with Crippen LogP contribution in [0.25, 0.3) is 80.5 Å². The first-order valence-corrected chi connectivity index (χ1v) is 12.5. The highest BCUT2D eigenvalue weighted by molar-refractivity contribution is 7.25. The van der Waals surface area contributed by atoms with E-state index in [4.69, 9.17) is 9.40 Å². The Morgan fingerprint density at radius 3 is 2.37 bits per heavy atom. The quantitative estimate of drug-likeness (QED) is 0.210. The molecule has 0 radical (unpaired) electrons. The molecule has 0 atom stereocenters. The van der Waals surface area contributed by atoms with Crippen LogP contribution in [0.3, 0.4) is 0 Å². The predicted octanol–water partition coefficient (Wildman–Crippen LogP) is 9.06. The monoisotopic (exact) mass is 464 g/mol. The molecule has 4 heterocycles. The number of furan rings is 1. The fourth-order valence-corrected chi connectivity index (χ4v) is 6.95. The van der Waals surface area contributed by atoms with Crippen molar-refractivity contribution in [2.45, 2.75) is 0 Å². The standard InChI is InChI=1S/C31H16N2OS/c1-5-11-26-17(7-1)20-14-13-19-21-16-28-22(18-8-2-6-12-27(18)35-28)15-23(21)31-32-24-9-3-4-10-25(24)33(31)29(19)30(20)34-26/h1-16H. The second-order valence-corrected chi connectivity index (χ2v) is 10.3. The second-order valence-electron chi connectivity index (χ2n) is 9.19. The molecular weight excluding hydrogens is 448 g/mol. The summed E-state index contributed by atoms with van der Waals surface area (Å²) in [4.78, 5) is 5.15. The zero-order valence-corrected chi connectivity index (χ0v) is 19.3. The van der Waals surface area contributed by atoms with Crippen LogP contribution < -0.4 is 0 Å². The van der Waals surface area contributed by atoms with E-state index < -0.39 is 0 Å². The SMILES string of the molecule is c1ccc2c(c1)nc1c3cc4c(cc3c3ccc5c6ccccc6oc5c3n21)sc1ccccc14. The van der Waals surface area contributed by atoms with Crippen LogP contribution in [0.1, 0.15) is 0 Å². The summed E-state index contributed by atoms with van der Waals surface area (Å²) in [6.07, 6.45) is 0. The van der Waals surface area contributed by atoms with Crippen LogP contribution in [-0.4, -0.2) is 9.38 Å². The summed E-state index contributed by atoms with van der Waals surface area (Å²) in [5.41, 5.74) is 5.96. The van der Waals surface area contributed by atoms with Crippen molar-refractivity contribution < 1.29 is 4.42 Å². The third kappa shape index (κ3) is 2.18. The van der Waals surface area contributed by atoms with Crippen molar-refractivity contribution >= 4 is 91.8 Å². The van der Waals surface area contributed by atoms with Gasteiger partial charge < -0.3 is 4.42 Å². The third-order valence-electron chi connectivity index (χ3n) is 7.35. The Hall–Kier alpha value is -4.41. The average Bonchev–Trinajstić information content (AvgIpc) is 3.58. The second kappa shape index (κ2) is 6.17. The zero-order valence-electron chi connectivity index (χ0n) is 18.4. The van der Waals surface area contributed by atoms with Gasteiger partial charge in [-0.3, -0.25) is 4.40 Å². The molecule has 162 valence electrons. The highest BCUT2D eigenvalue weighted by atomic mass is 32.1. The van der Waals surface area contributed by atoms with Gasteiger partial charge >= 0.3 is 0 Å². The number of imidazole rings is 1. The molecule has 0 saturated carbocycles. The highest BCUT2D eigenvalue weighted by Gasteiger charge is 2.20. The minimum atomic E-state index is 0.910. The Kier molecular flexibility index (Phi) is 3.17. The van der Waals surface area contributed by atoms with Gasteiger partial charge in [-0.1, -0.05) is 54.6 Å². The largest absolute Gasteiger partial charge is 0.454 e. The first-order valence-electron chi connectivity index (χ1n) is 11.7. The molecular formula is C31H16N2OS. The van der Waals surface area contributed by atoms with Crippen LogP contribution in [0.2, 0.25) is 0 Å². The lowest BCUT2D eigenvalue weighted by Crippen LogP contribution is -1.92. The molecule has 0 spiro atoms. The summed E-state index contributed by atoms with van der Waals surface area (Å²) in [6.45, 7) is 0. The molecule has 4 heteroatoms. The van der Waals surface area contributed by atoms with Crippen molar-refractivity contribution in [3.8, 4) is 0 Å². The summed E-state index contributed by atoms with van der Waals surface area (Å²) in [6, 6.07) is 34.5. The van der Waals surface area contributed by atoms with Crippen molar-refractivity contribution in [1.82, 2.24) is 9.38 Å². The molecule has 0 aliphatic carbocycles. The van der Waals surface area contributed by atoms with Crippen LogP contribution >= 0.6 is 11.3 Å². The van der Waals surface area contributed by atoms with Gasteiger partial charge in [0.15, 0.2) is 5.58 Å². The zero-order chi connectivity index (χ0) is 22.7. The molecule has 4 aromatic heterocycles. The molecule has 0 saturated heterocycles. The predicted molar refractivity (Wildman–Crippen MR) is 148 cm³/mol. The molecule has 0 unspecified atom stereocenters. The summed E-state index contributed by atoms with van der Waals surface area (Å²) in [7, 11) is 0. The molecule has 0 bridgehead atoms. The maximum absolute atomic E-state index is 6.53. The smallest absolute Gasteiger partial charge is 0.160 e. The number of benzene rings is 5. The number of thiophene rings is 1. The lowest BCUT2D eigenvalue weighted by molar-refractivity contribution is 0.671. The van der Waals surface area contributed by atoms with E-state index >= 15 is 0 Å². The number of para-hydroxylation sites is 3. The number of hydrogen-bond donors (Lipinski definition) is 0. The Balaban J connectivity index is 1.62. The van der Waals surface area contributed by atoms with Crippen molar-refractivity contribution in [2.24, 2.45) is 0 Å². The first-order chi connectivity index (χ1) is 17.3. The normalized spacial score (nSPS) is 12.6. The molecule has 3 nitrogen and oxygen atoms in total. The fourth-order valence-electron chi connectivity index (χ4n) is 5.83. The average molecular weight is 465 g/mol. The molecule has 0 N–H and O–H groups in total. The van der Waals surface area contributed by atoms with Crippen LogP contribution in [0.15, 0.2) is 101 Å². The van der Waals surface area contributed by atoms with Gasteiger partial charge in [0.2, 0.25) is 0 Å². The molecule has 9 aromatic rings. The van der Waals surface area contributed by atoms with E-state index in [0.717, 1.165) is 44.1 Å². The molecule has 0 amide bonds. The van der Waals surface area contributed by atoms with E-state index in [1.807, 2.05) is 23.5 Å². The van der Waals surface area contributed by atoms with Crippen LogP contribution in [0.5, 0.6) is 0 Å². The van der Waals surface area contributed by atoms with Crippen molar-refractivity contribution in [1.29, 1.82) is 0 Å². The van der Waals surface area contributed by atoms with Gasteiger partial charge in [0.1, 0.15) is 11.2 Å². The van der Waals surface area contributed by atoms with Gasteiger partial charge in [0, 0.05) is 41.7 Å². The highest BCUT2D eigenvalue weighted by Crippen LogP contribution is 2.43. The molecule has 0 aliphatic rings. The lowest BCUT2D eigenvalue weighted by Gasteiger charge is -2.10. The first kappa shape index (κ1) is 18.0. The number of rotatable bonds is 0. The van der Waals surface area contributed by atoms with Crippen molar-refractivity contribution in [3.05, 3.63) is 97.1 Å². The van der Waals surface area contributed by atoms with E-state index in [-0.39, 0.29) is 0 Å². The van der Waals surface area contributed by atoms with Crippen molar-refractivity contribution in [3.63, 3.8) is 0 Å².